The second-order valence-electron chi connectivity index (χ2n) is 4.70. The maximum Gasteiger partial charge on any atom is 0.193 e. The second kappa shape index (κ2) is 4.47. The molecule has 1 aliphatic rings. The quantitative estimate of drug-likeness (QED) is 0.698. The number of thiazole rings is 1. The minimum Gasteiger partial charge on any atom is -0.306 e. The number of aromatic nitrogens is 5. The standard InChI is InChI=1S/C12H11ClN6S/c1-6-10-17-18-11(19(10)3-2-14-6)12-16-7-5-15-9(13)4-8(7)20-12/h4-6,14H,2-3H2,1H3/t6-/m1/s1. The molecule has 0 saturated heterocycles. The smallest absolute Gasteiger partial charge is 0.193 e. The third-order valence-corrected chi connectivity index (χ3v) is 4.61. The maximum absolute atomic E-state index is 5.91. The van der Waals surface area contributed by atoms with Gasteiger partial charge in [-0.3, -0.25) is 0 Å². The lowest BCUT2D eigenvalue weighted by Gasteiger charge is -2.21. The molecule has 0 bridgehead atoms. The molecule has 0 fully saturated rings. The molecule has 0 aromatic carbocycles. The van der Waals surface area contributed by atoms with E-state index in [9.17, 15) is 0 Å². The van der Waals surface area contributed by atoms with Crippen LogP contribution in [-0.2, 0) is 6.54 Å². The molecule has 4 rings (SSSR count). The fraction of sp³-hybridized carbons (Fsp3) is 0.333. The SMILES string of the molecule is C[C@H]1NCCn2c(-c3nc4cnc(Cl)cc4s3)nnc21. The van der Waals surface area contributed by atoms with Crippen LogP contribution in [0.25, 0.3) is 21.0 Å². The average Bonchev–Trinajstić information content (AvgIpc) is 3.01. The number of hydrogen-bond acceptors (Lipinski definition) is 6. The van der Waals surface area contributed by atoms with Crippen LogP contribution < -0.4 is 5.32 Å². The number of halogens is 1. The molecule has 3 aromatic rings. The fourth-order valence-electron chi connectivity index (χ4n) is 2.40. The van der Waals surface area contributed by atoms with Gasteiger partial charge in [0.15, 0.2) is 10.8 Å². The Kier molecular flexibility index (Phi) is 2.73. The van der Waals surface area contributed by atoms with Crippen molar-refractivity contribution >= 4 is 33.2 Å². The first-order valence-electron chi connectivity index (χ1n) is 6.31. The van der Waals surface area contributed by atoms with Crippen LogP contribution in [0.15, 0.2) is 12.3 Å². The van der Waals surface area contributed by atoms with Crippen LogP contribution in [0.3, 0.4) is 0 Å². The van der Waals surface area contributed by atoms with Crippen LogP contribution in [0, 0.1) is 0 Å². The molecule has 1 aliphatic heterocycles. The molecule has 0 saturated carbocycles. The number of nitrogens with one attached hydrogen (secondary N) is 1. The van der Waals surface area contributed by atoms with Gasteiger partial charge in [0, 0.05) is 13.1 Å². The van der Waals surface area contributed by atoms with E-state index in [1.165, 1.54) is 0 Å². The van der Waals surface area contributed by atoms with Crippen molar-refractivity contribution in [2.45, 2.75) is 19.5 Å². The van der Waals surface area contributed by atoms with Gasteiger partial charge >= 0.3 is 0 Å². The summed E-state index contributed by atoms with van der Waals surface area (Å²) in [5.41, 5.74) is 0.841. The van der Waals surface area contributed by atoms with E-state index in [2.05, 4.69) is 37.0 Å². The number of rotatable bonds is 1. The Labute approximate surface area is 123 Å². The van der Waals surface area contributed by atoms with E-state index in [0.29, 0.717) is 5.15 Å². The molecule has 1 atom stereocenters. The predicted octanol–water partition coefficient (Wildman–Crippen LogP) is 2.27. The number of nitrogens with zero attached hydrogens (tertiary/aromatic N) is 5. The van der Waals surface area contributed by atoms with Crippen molar-refractivity contribution in [3.8, 4) is 10.8 Å². The molecule has 4 heterocycles. The average molecular weight is 307 g/mol. The molecule has 6 nitrogen and oxygen atoms in total. The predicted molar refractivity (Wildman–Crippen MR) is 77.9 cm³/mol. The number of fused-ring (bicyclic) bond motifs is 2. The van der Waals surface area contributed by atoms with Crippen molar-refractivity contribution in [1.82, 2.24) is 30.0 Å². The molecular formula is C12H11ClN6S. The monoisotopic (exact) mass is 306 g/mol. The van der Waals surface area contributed by atoms with Crippen LogP contribution in [0.5, 0.6) is 0 Å². The van der Waals surface area contributed by atoms with E-state index in [-0.39, 0.29) is 6.04 Å². The lowest BCUT2D eigenvalue weighted by Crippen LogP contribution is -2.32. The Morgan fingerprint density at radius 3 is 3.25 bits per heavy atom. The summed E-state index contributed by atoms with van der Waals surface area (Å²) in [6.45, 7) is 3.86. The summed E-state index contributed by atoms with van der Waals surface area (Å²) in [5, 5.41) is 13.3. The normalized spacial score (nSPS) is 18.4. The van der Waals surface area contributed by atoms with Gasteiger partial charge in [-0.2, -0.15) is 0 Å². The topological polar surface area (TPSA) is 68.5 Å². The molecule has 0 radical (unpaired) electrons. The summed E-state index contributed by atoms with van der Waals surface area (Å²) in [7, 11) is 0. The zero-order chi connectivity index (χ0) is 13.7. The Balaban J connectivity index is 1.87. The van der Waals surface area contributed by atoms with Crippen LogP contribution in [0.1, 0.15) is 18.8 Å². The molecule has 0 spiro atoms. The molecule has 3 aromatic heterocycles. The number of hydrogen-bond donors (Lipinski definition) is 1. The van der Waals surface area contributed by atoms with Crippen LogP contribution in [-0.4, -0.2) is 31.3 Å². The van der Waals surface area contributed by atoms with Gasteiger partial charge < -0.3 is 9.88 Å². The minimum atomic E-state index is 0.218. The maximum atomic E-state index is 5.91. The van der Waals surface area contributed by atoms with E-state index in [4.69, 9.17) is 11.6 Å². The second-order valence-corrected chi connectivity index (χ2v) is 6.12. The highest BCUT2D eigenvalue weighted by molar-refractivity contribution is 7.21. The fourth-order valence-corrected chi connectivity index (χ4v) is 3.59. The van der Waals surface area contributed by atoms with Crippen molar-refractivity contribution in [3.63, 3.8) is 0 Å². The summed E-state index contributed by atoms with van der Waals surface area (Å²) in [6.07, 6.45) is 1.69. The minimum absolute atomic E-state index is 0.218. The third-order valence-electron chi connectivity index (χ3n) is 3.39. The van der Waals surface area contributed by atoms with Crippen molar-refractivity contribution in [3.05, 3.63) is 23.2 Å². The summed E-state index contributed by atoms with van der Waals surface area (Å²) in [6, 6.07) is 2.05. The first kappa shape index (κ1) is 12.2. The van der Waals surface area contributed by atoms with Gasteiger partial charge in [-0.15, -0.1) is 21.5 Å². The summed E-state index contributed by atoms with van der Waals surface area (Å²) >= 11 is 7.48. The van der Waals surface area contributed by atoms with Crippen molar-refractivity contribution < 1.29 is 0 Å². The van der Waals surface area contributed by atoms with Crippen molar-refractivity contribution in [2.75, 3.05) is 6.54 Å². The summed E-state index contributed by atoms with van der Waals surface area (Å²) < 4.78 is 3.15. The number of pyridine rings is 1. The van der Waals surface area contributed by atoms with E-state index in [1.54, 1.807) is 17.5 Å². The highest BCUT2D eigenvalue weighted by atomic mass is 35.5. The van der Waals surface area contributed by atoms with Gasteiger partial charge in [-0.25, -0.2) is 9.97 Å². The Bertz CT molecular complexity index is 794. The molecule has 8 heteroatoms. The summed E-state index contributed by atoms with van der Waals surface area (Å²) in [4.78, 5) is 8.64. The van der Waals surface area contributed by atoms with E-state index in [1.807, 2.05) is 6.07 Å². The molecule has 0 unspecified atom stereocenters. The van der Waals surface area contributed by atoms with Gasteiger partial charge in [0.2, 0.25) is 0 Å². The van der Waals surface area contributed by atoms with Gasteiger partial charge in [0.05, 0.1) is 16.9 Å². The largest absolute Gasteiger partial charge is 0.306 e. The lowest BCUT2D eigenvalue weighted by atomic mass is 10.2. The first-order valence-corrected chi connectivity index (χ1v) is 7.51. The van der Waals surface area contributed by atoms with E-state index >= 15 is 0 Å². The summed E-state index contributed by atoms with van der Waals surface area (Å²) in [5.74, 6) is 1.78. The van der Waals surface area contributed by atoms with Crippen molar-refractivity contribution in [1.29, 1.82) is 0 Å². The molecule has 102 valence electrons. The van der Waals surface area contributed by atoms with Gasteiger partial charge in [-0.05, 0) is 13.0 Å². The molecule has 0 aliphatic carbocycles. The Morgan fingerprint density at radius 2 is 2.35 bits per heavy atom. The van der Waals surface area contributed by atoms with E-state index < -0.39 is 0 Å². The molecule has 20 heavy (non-hydrogen) atoms. The molecule has 0 amide bonds. The first-order chi connectivity index (χ1) is 9.72. The highest BCUT2D eigenvalue weighted by Crippen LogP contribution is 2.31. The van der Waals surface area contributed by atoms with Crippen molar-refractivity contribution in [2.24, 2.45) is 0 Å². The molecular weight excluding hydrogens is 296 g/mol. The van der Waals surface area contributed by atoms with Gasteiger partial charge in [0.25, 0.3) is 0 Å². The highest BCUT2D eigenvalue weighted by Gasteiger charge is 2.23. The Morgan fingerprint density at radius 1 is 1.45 bits per heavy atom. The van der Waals surface area contributed by atoms with Gasteiger partial charge in [0.1, 0.15) is 16.5 Å². The van der Waals surface area contributed by atoms with Crippen LogP contribution >= 0.6 is 22.9 Å². The Hall–Kier alpha value is -1.57. The zero-order valence-corrected chi connectivity index (χ0v) is 12.2. The third kappa shape index (κ3) is 1.81. The van der Waals surface area contributed by atoms with E-state index in [0.717, 1.165) is 40.0 Å². The van der Waals surface area contributed by atoms with Gasteiger partial charge in [-0.1, -0.05) is 11.6 Å². The zero-order valence-electron chi connectivity index (χ0n) is 10.7. The van der Waals surface area contributed by atoms with Crippen LogP contribution in [0.2, 0.25) is 5.15 Å². The lowest BCUT2D eigenvalue weighted by molar-refractivity contribution is 0.439. The molecule has 1 N–H and O–H groups in total. The van der Waals surface area contributed by atoms with Crippen LogP contribution in [0.4, 0.5) is 0 Å².